The first-order valence-electron chi connectivity index (χ1n) is 2.97. The lowest BCUT2D eigenvalue weighted by Crippen LogP contribution is -1.88. The number of ketones is 1. The summed E-state index contributed by atoms with van der Waals surface area (Å²) in [6.45, 7) is 1.61. The third kappa shape index (κ3) is 5.73. The van der Waals surface area contributed by atoms with Gasteiger partial charge >= 0.3 is 0 Å². The number of hydrogen-bond donors (Lipinski definition) is 0. The van der Waals surface area contributed by atoms with E-state index in [1.807, 2.05) is 0 Å². The van der Waals surface area contributed by atoms with Gasteiger partial charge in [-0.2, -0.15) is 0 Å². The number of Topliss-reactive ketones (excluding diaryl/α,β-unsaturated/α-hetero) is 1. The van der Waals surface area contributed by atoms with Crippen molar-refractivity contribution in [3.63, 3.8) is 0 Å². The van der Waals surface area contributed by atoms with Crippen molar-refractivity contribution < 1.29 is 4.79 Å². The minimum Gasteiger partial charge on any atom is -0.300 e. The van der Waals surface area contributed by atoms with Gasteiger partial charge in [-0.1, -0.05) is 12.7 Å². The third-order valence-electron chi connectivity index (χ3n) is 0.983. The van der Waals surface area contributed by atoms with Gasteiger partial charge in [0, 0.05) is 6.42 Å². The molecular weight excluding hydrogens is 98.9 g/mol. The van der Waals surface area contributed by atoms with Crippen LogP contribution in [-0.2, 0) is 4.79 Å². The van der Waals surface area contributed by atoms with Crippen molar-refractivity contribution in [2.75, 3.05) is 0 Å². The second-order valence-electron chi connectivity index (χ2n) is 1.95. The molecule has 44 valence electrons. The summed E-state index contributed by atoms with van der Waals surface area (Å²) in [5.74, 6) is 0.262. The lowest BCUT2D eigenvalue weighted by Gasteiger charge is -1.90. The van der Waals surface area contributed by atoms with E-state index < -0.39 is 0 Å². The maximum atomic E-state index is 10.3. The van der Waals surface area contributed by atoms with Crippen LogP contribution in [0.2, 0.25) is 6.32 Å². The van der Waals surface area contributed by atoms with Gasteiger partial charge in [-0.15, -0.1) is 0 Å². The summed E-state index contributed by atoms with van der Waals surface area (Å²) in [6, 6.07) is 0. The first-order valence-corrected chi connectivity index (χ1v) is 2.97. The van der Waals surface area contributed by atoms with Gasteiger partial charge in [0.2, 0.25) is 0 Å². The van der Waals surface area contributed by atoms with Crippen LogP contribution in [0, 0.1) is 0 Å². The first kappa shape index (κ1) is 7.73. The number of hydrogen-bond acceptors (Lipinski definition) is 1. The quantitative estimate of drug-likeness (QED) is 0.394. The molecular formula is C6H11BO. The van der Waals surface area contributed by atoms with E-state index in [4.69, 9.17) is 7.85 Å². The molecule has 0 heterocycles. The van der Waals surface area contributed by atoms with Crippen LogP contribution in [0.5, 0.6) is 0 Å². The molecule has 0 aliphatic carbocycles. The fraction of sp³-hybridized carbons (Fsp3) is 0.833. The molecule has 0 fully saturated rings. The Hall–Kier alpha value is -0.265. The van der Waals surface area contributed by atoms with Crippen LogP contribution in [0.1, 0.15) is 26.2 Å². The van der Waals surface area contributed by atoms with E-state index in [-0.39, 0.29) is 5.78 Å². The van der Waals surface area contributed by atoms with E-state index in [0.29, 0.717) is 12.7 Å². The molecule has 0 saturated carbocycles. The van der Waals surface area contributed by atoms with E-state index in [1.54, 1.807) is 6.92 Å². The molecule has 0 aromatic heterocycles. The molecule has 8 heavy (non-hydrogen) atoms. The van der Waals surface area contributed by atoms with Gasteiger partial charge in [0.25, 0.3) is 0 Å². The minimum atomic E-state index is 0.262. The molecule has 0 aliphatic rings. The molecule has 0 aliphatic heterocycles. The topological polar surface area (TPSA) is 17.1 Å². The molecule has 1 nitrogen and oxygen atoms in total. The van der Waals surface area contributed by atoms with E-state index in [0.717, 1.165) is 12.8 Å². The highest BCUT2D eigenvalue weighted by molar-refractivity contribution is 6.08. The minimum absolute atomic E-state index is 0.262. The molecule has 2 heteroatoms. The molecule has 0 spiro atoms. The van der Waals surface area contributed by atoms with Crippen molar-refractivity contribution in [3.05, 3.63) is 0 Å². The predicted octanol–water partition coefficient (Wildman–Crippen LogP) is 1.33. The van der Waals surface area contributed by atoms with Gasteiger partial charge in [-0.05, 0) is 13.3 Å². The highest BCUT2D eigenvalue weighted by Gasteiger charge is 1.89. The third-order valence-corrected chi connectivity index (χ3v) is 0.983. The molecule has 0 rings (SSSR count). The average Bonchev–Trinajstić information content (AvgIpc) is 1.66. The summed E-state index contributed by atoms with van der Waals surface area (Å²) in [7, 11) is 5.20. The van der Waals surface area contributed by atoms with Crippen LogP contribution in [0.4, 0.5) is 0 Å². The van der Waals surface area contributed by atoms with E-state index in [2.05, 4.69) is 0 Å². The first-order chi connectivity index (χ1) is 3.77. The maximum absolute atomic E-state index is 10.3. The fourth-order valence-electron chi connectivity index (χ4n) is 0.518. The Balaban J connectivity index is 2.82. The highest BCUT2D eigenvalue weighted by Crippen LogP contribution is 1.97. The van der Waals surface area contributed by atoms with Crippen LogP contribution >= 0.6 is 0 Å². The molecule has 0 atom stereocenters. The Labute approximate surface area is 51.9 Å². The summed E-state index contributed by atoms with van der Waals surface area (Å²) in [5, 5.41) is 0. The second kappa shape index (κ2) is 4.88. The standard InChI is InChI=1S/C6H11BO/c1-6(8)4-2-3-5-7/h2-5H2,1H3. The Morgan fingerprint density at radius 1 is 1.50 bits per heavy atom. The van der Waals surface area contributed by atoms with E-state index >= 15 is 0 Å². The van der Waals surface area contributed by atoms with Gasteiger partial charge < -0.3 is 4.79 Å². The Morgan fingerprint density at radius 2 is 2.12 bits per heavy atom. The number of carbonyl (C=O) groups excluding carboxylic acids is 1. The summed E-state index contributed by atoms with van der Waals surface area (Å²) in [5.41, 5.74) is 0. The smallest absolute Gasteiger partial charge is 0.129 e. The average molecular weight is 110 g/mol. The van der Waals surface area contributed by atoms with E-state index in [9.17, 15) is 4.79 Å². The summed E-state index contributed by atoms with van der Waals surface area (Å²) < 4.78 is 0. The molecule has 2 radical (unpaired) electrons. The summed E-state index contributed by atoms with van der Waals surface area (Å²) in [4.78, 5) is 10.3. The largest absolute Gasteiger partial charge is 0.300 e. The Kier molecular flexibility index (Phi) is 4.72. The van der Waals surface area contributed by atoms with Crippen molar-refractivity contribution >= 4 is 13.6 Å². The predicted molar refractivity (Wildman–Crippen MR) is 35.1 cm³/mol. The zero-order chi connectivity index (χ0) is 6.41. The molecule has 0 aromatic rings. The van der Waals surface area contributed by atoms with Crippen molar-refractivity contribution in [1.29, 1.82) is 0 Å². The van der Waals surface area contributed by atoms with Gasteiger partial charge in [0.15, 0.2) is 0 Å². The Morgan fingerprint density at radius 3 is 2.50 bits per heavy atom. The molecule has 0 aromatic carbocycles. The van der Waals surface area contributed by atoms with Crippen LogP contribution in [0.25, 0.3) is 0 Å². The molecule has 0 N–H and O–H groups in total. The molecule has 0 unspecified atom stereocenters. The van der Waals surface area contributed by atoms with Crippen molar-refractivity contribution in [2.45, 2.75) is 32.5 Å². The van der Waals surface area contributed by atoms with E-state index in [1.165, 1.54) is 0 Å². The van der Waals surface area contributed by atoms with Crippen LogP contribution in [0.15, 0.2) is 0 Å². The highest BCUT2D eigenvalue weighted by atomic mass is 16.1. The monoisotopic (exact) mass is 110 g/mol. The van der Waals surface area contributed by atoms with Crippen LogP contribution in [0.3, 0.4) is 0 Å². The van der Waals surface area contributed by atoms with Crippen molar-refractivity contribution in [2.24, 2.45) is 0 Å². The normalized spacial score (nSPS) is 9.12. The summed E-state index contributed by atoms with van der Waals surface area (Å²) in [6.07, 6.45) is 3.32. The molecule has 0 bridgehead atoms. The number of unbranched alkanes of at least 4 members (excludes halogenated alkanes) is 1. The lowest BCUT2D eigenvalue weighted by molar-refractivity contribution is -0.117. The fourth-order valence-corrected chi connectivity index (χ4v) is 0.518. The molecule has 0 saturated heterocycles. The zero-order valence-electron chi connectivity index (χ0n) is 5.31. The number of rotatable bonds is 4. The van der Waals surface area contributed by atoms with Gasteiger partial charge in [0.05, 0.1) is 7.85 Å². The summed E-state index contributed by atoms with van der Waals surface area (Å²) >= 11 is 0. The second-order valence-corrected chi connectivity index (χ2v) is 1.95. The van der Waals surface area contributed by atoms with Crippen molar-refractivity contribution in [1.82, 2.24) is 0 Å². The van der Waals surface area contributed by atoms with Gasteiger partial charge in [0.1, 0.15) is 5.78 Å². The maximum Gasteiger partial charge on any atom is 0.129 e. The van der Waals surface area contributed by atoms with Gasteiger partial charge in [-0.25, -0.2) is 0 Å². The SMILES string of the molecule is [B]CCCCC(C)=O. The van der Waals surface area contributed by atoms with Crippen molar-refractivity contribution in [3.8, 4) is 0 Å². The molecule has 0 amide bonds. The van der Waals surface area contributed by atoms with Crippen LogP contribution < -0.4 is 0 Å². The van der Waals surface area contributed by atoms with Gasteiger partial charge in [-0.3, -0.25) is 0 Å². The lowest BCUT2D eigenvalue weighted by atomic mass is 9.99. The van der Waals surface area contributed by atoms with Crippen LogP contribution in [-0.4, -0.2) is 13.6 Å². The Bertz CT molecular complexity index is 70.9. The zero-order valence-corrected chi connectivity index (χ0v) is 5.31. The number of carbonyl (C=O) groups is 1.